The van der Waals surface area contributed by atoms with E-state index in [9.17, 15) is 4.79 Å². The van der Waals surface area contributed by atoms with Gasteiger partial charge in [0, 0.05) is 16.7 Å². The van der Waals surface area contributed by atoms with Crippen LogP contribution in [0.5, 0.6) is 0 Å². The summed E-state index contributed by atoms with van der Waals surface area (Å²) in [5.41, 5.74) is 0.671. The molecule has 0 radical (unpaired) electrons. The van der Waals surface area contributed by atoms with Crippen LogP contribution in [0.3, 0.4) is 0 Å². The van der Waals surface area contributed by atoms with Gasteiger partial charge in [0.25, 0.3) is 5.91 Å². The van der Waals surface area contributed by atoms with Gasteiger partial charge in [-0.15, -0.1) is 0 Å². The fourth-order valence-corrected chi connectivity index (χ4v) is 2.15. The van der Waals surface area contributed by atoms with Crippen LogP contribution in [0.1, 0.15) is 5.76 Å². The molecule has 0 fully saturated rings. The minimum atomic E-state index is -0.616. The number of H-pyrrole nitrogens is 1. The molecule has 2 heterocycles. The molecule has 1 amide bonds. The number of aromatic nitrogens is 3. The van der Waals surface area contributed by atoms with Crippen molar-refractivity contribution in [2.24, 2.45) is 0 Å². The van der Waals surface area contributed by atoms with E-state index in [1.807, 2.05) is 12.1 Å². The Bertz CT molecular complexity index is 938. The van der Waals surface area contributed by atoms with Gasteiger partial charge in [0.1, 0.15) is 29.5 Å². The molecule has 8 heteroatoms. The summed E-state index contributed by atoms with van der Waals surface area (Å²) in [5.74, 6) is 0.487. The first-order chi connectivity index (χ1) is 11.7. The van der Waals surface area contributed by atoms with E-state index in [1.54, 1.807) is 30.3 Å². The van der Waals surface area contributed by atoms with Crippen LogP contribution in [0.4, 0.5) is 5.95 Å². The van der Waals surface area contributed by atoms with E-state index >= 15 is 0 Å². The molecule has 1 aromatic carbocycles. The van der Waals surface area contributed by atoms with Gasteiger partial charge in [0.2, 0.25) is 5.95 Å². The number of hydrogen-bond donors (Lipinski definition) is 2. The number of amides is 1. The SMILES string of the molecule is N#C/C(=C/c1ccc(-c2cccc(Cl)c2)o1)C(=O)Nc1ncn[nH]1. The highest BCUT2D eigenvalue weighted by Gasteiger charge is 2.12. The number of nitriles is 1. The normalized spacial score (nSPS) is 11.1. The third-order valence-electron chi connectivity index (χ3n) is 3.03. The summed E-state index contributed by atoms with van der Waals surface area (Å²) in [6.07, 6.45) is 2.59. The summed E-state index contributed by atoms with van der Waals surface area (Å²) in [6, 6.07) is 12.4. The lowest BCUT2D eigenvalue weighted by atomic mass is 10.2. The van der Waals surface area contributed by atoms with Gasteiger partial charge in [0.15, 0.2) is 0 Å². The molecule has 0 spiro atoms. The number of rotatable bonds is 4. The molecule has 118 valence electrons. The molecule has 0 bridgehead atoms. The Kier molecular flexibility index (Phi) is 4.40. The van der Waals surface area contributed by atoms with Crippen molar-refractivity contribution in [2.75, 3.05) is 5.32 Å². The number of nitrogens with one attached hydrogen (secondary N) is 2. The quantitative estimate of drug-likeness (QED) is 0.560. The fourth-order valence-electron chi connectivity index (χ4n) is 1.96. The number of nitrogens with zero attached hydrogens (tertiary/aromatic N) is 3. The first kappa shape index (κ1) is 15.5. The largest absolute Gasteiger partial charge is 0.457 e. The van der Waals surface area contributed by atoms with Crippen LogP contribution in [0.25, 0.3) is 17.4 Å². The molecule has 7 nitrogen and oxygen atoms in total. The van der Waals surface area contributed by atoms with E-state index in [1.165, 1.54) is 12.4 Å². The van der Waals surface area contributed by atoms with Crippen molar-refractivity contribution in [3.05, 3.63) is 59.1 Å². The van der Waals surface area contributed by atoms with Crippen LogP contribution in [0, 0.1) is 11.3 Å². The summed E-state index contributed by atoms with van der Waals surface area (Å²) in [6.45, 7) is 0. The lowest BCUT2D eigenvalue weighted by Gasteiger charge is -1.99. The smallest absolute Gasteiger partial charge is 0.268 e. The number of carbonyl (C=O) groups excluding carboxylic acids is 1. The number of hydrogen-bond acceptors (Lipinski definition) is 5. The van der Waals surface area contributed by atoms with Gasteiger partial charge in [-0.2, -0.15) is 15.3 Å². The Labute approximate surface area is 141 Å². The summed E-state index contributed by atoms with van der Waals surface area (Å²) in [4.78, 5) is 15.8. The van der Waals surface area contributed by atoms with Gasteiger partial charge in [0.05, 0.1) is 0 Å². The minimum Gasteiger partial charge on any atom is -0.457 e. The highest BCUT2D eigenvalue weighted by atomic mass is 35.5. The summed E-state index contributed by atoms with van der Waals surface area (Å²) >= 11 is 5.95. The predicted molar refractivity (Wildman–Crippen MR) is 87.8 cm³/mol. The van der Waals surface area contributed by atoms with Gasteiger partial charge in [-0.05, 0) is 24.3 Å². The van der Waals surface area contributed by atoms with E-state index in [0.29, 0.717) is 16.5 Å². The molecule has 2 N–H and O–H groups in total. The highest BCUT2D eigenvalue weighted by Crippen LogP contribution is 2.25. The van der Waals surface area contributed by atoms with Gasteiger partial charge >= 0.3 is 0 Å². The molecule has 0 aliphatic rings. The number of aromatic amines is 1. The van der Waals surface area contributed by atoms with Gasteiger partial charge in [-0.1, -0.05) is 23.7 Å². The zero-order valence-corrected chi connectivity index (χ0v) is 12.9. The summed E-state index contributed by atoms with van der Waals surface area (Å²) in [7, 11) is 0. The molecular formula is C16H10ClN5O2. The van der Waals surface area contributed by atoms with Crippen molar-refractivity contribution in [3.8, 4) is 17.4 Å². The fraction of sp³-hybridized carbons (Fsp3) is 0. The van der Waals surface area contributed by atoms with Crippen LogP contribution >= 0.6 is 11.6 Å². The lowest BCUT2D eigenvalue weighted by molar-refractivity contribution is -0.112. The molecule has 2 aromatic heterocycles. The second kappa shape index (κ2) is 6.81. The Morgan fingerprint density at radius 1 is 1.38 bits per heavy atom. The van der Waals surface area contributed by atoms with Gasteiger partial charge < -0.3 is 4.42 Å². The molecule has 24 heavy (non-hydrogen) atoms. The average molecular weight is 340 g/mol. The Morgan fingerprint density at radius 2 is 2.25 bits per heavy atom. The number of halogens is 1. The van der Waals surface area contributed by atoms with Crippen LogP contribution in [-0.2, 0) is 4.79 Å². The Morgan fingerprint density at radius 3 is 2.96 bits per heavy atom. The zero-order valence-electron chi connectivity index (χ0n) is 12.2. The first-order valence-corrected chi connectivity index (χ1v) is 7.18. The zero-order chi connectivity index (χ0) is 16.9. The van der Waals surface area contributed by atoms with E-state index in [-0.39, 0.29) is 11.5 Å². The Hall–Kier alpha value is -3.37. The molecule has 0 aliphatic heterocycles. The van der Waals surface area contributed by atoms with Crippen molar-refractivity contribution in [1.29, 1.82) is 5.26 Å². The van der Waals surface area contributed by atoms with E-state index in [2.05, 4.69) is 20.5 Å². The third kappa shape index (κ3) is 3.51. The maximum absolute atomic E-state index is 12.0. The second-order valence-corrected chi connectivity index (χ2v) is 5.11. The first-order valence-electron chi connectivity index (χ1n) is 6.80. The highest BCUT2D eigenvalue weighted by molar-refractivity contribution is 6.30. The van der Waals surface area contributed by atoms with Crippen LogP contribution in [-0.4, -0.2) is 21.1 Å². The van der Waals surface area contributed by atoms with E-state index < -0.39 is 5.91 Å². The Balaban J connectivity index is 1.82. The second-order valence-electron chi connectivity index (χ2n) is 4.67. The van der Waals surface area contributed by atoms with Crippen LogP contribution in [0.2, 0.25) is 5.02 Å². The molecule has 0 unspecified atom stereocenters. The third-order valence-corrected chi connectivity index (χ3v) is 3.27. The number of carbonyl (C=O) groups is 1. The van der Waals surface area contributed by atoms with Gasteiger partial charge in [-0.25, -0.2) is 5.10 Å². The molecule has 0 atom stereocenters. The molecule has 0 saturated carbocycles. The van der Waals surface area contributed by atoms with E-state index in [0.717, 1.165) is 5.56 Å². The minimum absolute atomic E-state index is 0.126. The number of anilines is 1. The number of furan rings is 1. The lowest BCUT2D eigenvalue weighted by Crippen LogP contribution is -2.14. The molecule has 3 rings (SSSR count). The summed E-state index contributed by atoms with van der Waals surface area (Å²) < 4.78 is 5.64. The molecule has 3 aromatic rings. The number of benzene rings is 1. The average Bonchev–Trinajstić information content (AvgIpc) is 3.24. The van der Waals surface area contributed by atoms with Crippen molar-refractivity contribution in [2.45, 2.75) is 0 Å². The van der Waals surface area contributed by atoms with Crippen molar-refractivity contribution in [3.63, 3.8) is 0 Å². The molecule has 0 saturated heterocycles. The van der Waals surface area contributed by atoms with Crippen LogP contribution in [0.15, 0.2) is 52.7 Å². The van der Waals surface area contributed by atoms with Crippen molar-refractivity contribution >= 4 is 29.5 Å². The topological polar surface area (TPSA) is 108 Å². The maximum Gasteiger partial charge on any atom is 0.268 e. The van der Waals surface area contributed by atoms with Crippen molar-refractivity contribution < 1.29 is 9.21 Å². The van der Waals surface area contributed by atoms with E-state index in [4.69, 9.17) is 21.3 Å². The van der Waals surface area contributed by atoms with Crippen LogP contribution < -0.4 is 5.32 Å². The molecular weight excluding hydrogens is 330 g/mol. The van der Waals surface area contributed by atoms with Gasteiger partial charge in [-0.3, -0.25) is 10.1 Å². The monoisotopic (exact) mass is 339 g/mol. The standard InChI is InChI=1S/C16H10ClN5O2/c17-12-3-1-2-10(6-12)14-5-4-13(24-14)7-11(8-18)15(23)21-16-19-9-20-22-16/h1-7,9H,(H2,19,20,21,22,23)/b11-7-. The predicted octanol–water partition coefficient (Wildman–Crippen LogP) is 3.26. The summed E-state index contributed by atoms with van der Waals surface area (Å²) in [5, 5.41) is 18.3. The molecule has 0 aliphatic carbocycles. The van der Waals surface area contributed by atoms with Crippen molar-refractivity contribution in [1.82, 2.24) is 15.2 Å². The maximum atomic E-state index is 12.0.